The van der Waals surface area contributed by atoms with Crippen molar-refractivity contribution in [2.75, 3.05) is 19.7 Å². The van der Waals surface area contributed by atoms with Crippen LogP contribution in [0, 0.1) is 6.92 Å². The van der Waals surface area contributed by atoms with Crippen LogP contribution in [0.5, 0.6) is 0 Å². The molecule has 3 rings (SSSR count). The predicted molar refractivity (Wildman–Crippen MR) is 68.9 cm³/mol. The minimum Gasteiger partial charge on any atom is -0.375 e. The van der Waals surface area contributed by atoms with Gasteiger partial charge in [-0.15, -0.1) is 0 Å². The van der Waals surface area contributed by atoms with Crippen molar-refractivity contribution in [1.29, 1.82) is 0 Å². The molecule has 0 aromatic carbocycles. The first-order valence-electron chi connectivity index (χ1n) is 7.05. The Hall–Kier alpha value is -1.36. The molecule has 5 nitrogen and oxygen atoms in total. The lowest BCUT2D eigenvalue weighted by Crippen LogP contribution is -2.34. The van der Waals surface area contributed by atoms with E-state index in [0.29, 0.717) is 11.5 Å². The van der Waals surface area contributed by atoms with E-state index in [1.54, 1.807) is 13.0 Å². The maximum Gasteiger partial charge on any atom is 0.276 e. The third-order valence-electron chi connectivity index (χ3n) is 4.22. The summed E-state index contributed by atoms with van der Waals surface area (Å²) in [5, 5.41) is 3.81. The van der Waals surface area contributed by atoms with E-state index < -0.39 is 0 Å². The predicted octanol–water partition coefficient (Wildman–Crippen LogP) is 2.16. The third-order valence-corrected chi connectivity index (χ3v) is 4.22. The normalized spacial score (nSPS) is 27.7. The number of rotatable bonds is 1. The molecule has 1 atom stereocenters. The van der Waals surface area contributed by atoms with Crippen LogP contribution in [-0.4, -0.2) is 41.3 Å². The number of amides is 1. The lowest BCUT2D eigenvalue weighted by Gasteiger charge is -2.26. The first kappa shape index (κ1) is 12.7. The van der Waals surface area contributed by atoms with Crippen LogP contribution in [0.3, 0.4) is 0 Å². The van der Waals surface area contributed by atoms with Crippen LogP contribution in [0.1, 0.15) is 48.4 Å². The van der Waals surface area contributed by atoms with Crippen LogP contribution in [0.4, 0.5) is 0 Å². The summed E-state index contributed by atoms with van der Waals surface area (Å²) in [6.07, 6.45) is 5.29. The Morgan fingerprint density at radius 1 is 1.32 bits per heavy atom. The molecule has 3 heterocycles. The molecule has 0 saturated carbocycles. The summed E-state index contributed by atoms with van der Waals surface area (Å²) in [4.78, 5) is 14.2. The van der Waals surface area contributed by atoms with Crippen LogP contribution >= 0.6 is 0 Å². The molecule has 0 bridgehead atoms. The zero-order valence-corrected chi connectivity index (χ0v) is 11.4. The van der Waals surface area contributed by atoms with Crippen molar-refractivity contribution in [3.63, 3.8) is 0 Å². The molecule has 104 valence electrons. The molecule has 2 aliphatic rings. The van der Waals surface area contributed by atoms with Crippen molar-refractivity contribution in [3.8, 4) is 0 Å². The largest absolute Gasteiger partial charge is 0.375 e. The monoisotopic (exact) mass is 264 g/mol. The van der Waals surface area contributed by atoms with Crippen molar-refractivity contribution >= 4 is 5.91 Å². The van der Waals surface area contributed by atoms with Gasteiger partial charge in [0.1, 0.15) is 5.76 Å². The molecular formula is C14H20N2O3. The van der Waals surface area contributed by atoms with Gasteiger partial charge in [0, 0.05) is 25.8 Å². The number of carbonyl (C=O) groups excluding carboxylic acids is 1. The molecule has 2 fully saturated rings. The van der Waals surface area contributed by atoms with E-state index in [9.17, 15) is 4.79 Å². The highest BCUT2D eigenvalue weighted by atomic mass is 16.5. The quantitative estimate of drug-likeness (QED) is 0.780. The second-order valence-corrected chi connectivity index (χ2v) is 5.60. The molecule has 0 radical (unpaired) electrons. The van der Waals surface area contributed by atoms with Crippen molar-refractivity contribution in [2.45, 2.75) is 44.6 Å². The Kier molecular flexibility index (Phi) is 3.31. The van der Waals surface area contributed by atoms with E-state index in [-0.39, 0.29) is 11.5 Å². The zero-order chi connectivity index (χ0) is 13.3. The zero-order valence-electron chi connectivity index (χ0n) is 11.4. The summed E-state index contributed by atoms with van der Waals surface area (Å²) in [5.74, 6) is 0.653. The Bertz CT molecular complexity index is 463. The summed E-state index contributed by atoms with van der Waals surface area (Å²) in [6.45, 7) is 4.21. The smallest absolute Gasteiger partial charge is 0.276 e. The maximum absolute atomic E-state index is 12.3. The second kappa shape index (κ2) is 4.96. The SMILES string of the molecule is Cc1cc(C(=O)N2CCC[C@]3(CCCO3)CC2)no1. The van der Waals surface area contributed by atoms with Gasteiger partial charge in [0.15, 0.2) is 5.69 Å². The number of aromatic nitrogens is 1. The molecule has 1 spiro atoms. The molecule has 1 aromatic rings. The second-order valence-electron chi connectivity index (χ2n) is 5.60. The summed E-state index contributed by atoms with van der Waals surface area (Å²) in [6, 6.07) is 1.70. The van der Waals surface area contributed by atoms with E-state index in [2.05, 4.69) is 5.16 Å². The number of carbonyl (C=O) groups is 1. The van der Waals surface area contributed by atoms with Crippen LogP contribution in [0.15, 0.2) is 10.6 Å². The summed E-state index contributed by atoms with van der Waals surface area (Å²) >= 11 is 0. The standard InChI is InChI=1S/C14H20N2O3/c1-11-10-12(15-19-11)13(17)16-7-2-4-14(6-8-16)5-3-9-18-14/h10H,2-9H2,1H3/t14-/m0/s1. The number of aryl methyl sites for hydroxylation is 1. The van der Waals surface area contributed by atoms with E-state index in [4.69, 9.17) is 9.26 Å². The molecule has 1 amide bonds. The van der Waals surface area contributed by atoms with Gasteiger partial charge >= 0.3 is 0 Å². The van der Waals surface area contributed by atoms with Gasteiger partial charge in [-0.25, -0.2) is 0 Å². The molecule has 2 saturated heterocycles. The van der Waals surface area contributed by atoms with Gasteiger partial charge in [-0.2, -0.15) is 0 Å². The Labute approximate surface area is 112 Å². The van der Waals surface area contributed by atoms with Crippen molar-refractivity contribution in [2.24, 2.45) is 0 Å². The minimum atomic E-state index is -0.0214. The van der Waals surface area contributed by atoms with Gasteiger partial charge < -0.3 is 14.2 Å². The molecule has 0 N–H and O–H groups in total. The van der Waals surface area contributed by atoms with Crippen LogP contribution < -0.4 is 0 Å². The highest BCUT2D eigenvalue weighted by molar-refractivity contribution is 5.92. The lowest BCUT2D eigenvalue weighted by atomic mass is 9.92. The Balaban J connectivity index is 1.68. The van der Waals surface area contributed by atoms with Crippen molar-refractivity contribution < 1.29 is 14.1 Å². The van der Waals surface area contributed by atoms with Gasteiger partial charge in [-0.1, -0.05) is 5.16 Å². The molecular weight excluding hydrogens is 244 g/mol. The Morgan fingerprint density at radius 3 is 2.84 bits per heavy atom. The Morgan fingerprint density at radius 2 is 2.16 bits per heavy atom. The highest BCUT2D eigenvalue weighted by Gasteiger charge is 2.37. The summed E-state index contributed by atoms with van der Waals surface area (Å²) in [5.41, 5.74) is 0.454. The van der Waals surface area contributed by atoms with Crippen molar-refractivity contribution in [3.05, 3.63) is 17.5 Å². The van der Waals surface area contributed by atoms with E-state index in [1.807, 2.05) is 4.90 Å². The van der Waals surface area contributed by atoms with Crippen LogP contribution in [-0.2, 0) is 4.74 Å². The minimum absolute atomic E-state index is 0.0214. The number of ether oxygens (including phenoxy) is 1. The fourth-order valence-electron chi connectivity index (χ4n) is 3.15. The molecule has 1 aromatic heterocycles. The number of likely N-dealkylation sites (tertiary alicyclic amines) is 1. The average molecular weight is 264 g/mol. The highest BCUT2D eigenvalue weighted by Crippen LogP contribution is 2.35. The molecule has 5 heteroatoms. The molecule has 19 heavy (non-hydrogen) atoms. The molecule has 0 unspecified atom stereocenters. The molecule has 2 aliphatic heterocycles. The fourth-order valence-corrected chi connectivity index (χ4v) is 3.15. The lowest BCUT2D eigenvalue weighted by molar-refractivity contribution is -0.00693. The maximum atomic E-state index is 12.3. The number of nitrogens with zero attached hydrogens (tertiary/aromatic N) is 2. The van der Waals surface area contributed by atoms with E-state index >= 15 is 0 Å². The van der Waals surface area contributed by atoms with Gasteiger partial charge in [-0.3, -0.25) is 4.79 Å². The first-order valence-corrected chi connectivity index (χ1v) is 7.05. The van der Waals surface area contributed by atoms with Gasteiger partial charge in [-0.05, 0) is 39.0 Å². The summed E-state index contributed by atoms with van der Waals surface area (Å²) < 4.78 is 10.9. The molecule has 0 aliphatic carbocycles. The fraction of sp³-hybridized carbons (Fsp3) is 0.714. The van der Waals surface area contributed by atoms with Crippen LogP contribution in [0.25, 0.3) is 0 Å². The van der Waals surface area contributed by atoms with E-state index in [0.717, 1.165) is 51.8 Å². The topological polar surface area (TPSA) is 55.6 Å². The third kappa shape index (κ3) is 2.52. The van der Waals surface area contributed by atoms with Crippen LogP contribution in [0.2, 0.25) is 0 Å². The van der Waals surface area contributed by atoms with Gasteiger partial charge in [0.2, 0.25) is 0 Å². The van der Waals surface area contributed by atoms with Crippen molar-refractivity contribution in [1.82, 2.24) is 10.1 Å². The summed E-state index contributed by atoms with van der Waals surface area (Å²) in [7, 11) is 0. The average Bonchev–Trinajstić information content (AvgIpc) is 2.96. The van der Waals surface area contributed by atoms with E-state index in [1.165, 1.54) is 0 Å². The van der Waals surface area contributed by atoms with Gasteiger partial charge in [0.05, 0.1) is 5.60 Å². The number of hydrogen-bond acceptors (Lipinski definition) is 4. The number of hydrogen-bond donors (Lipinski definition) is 0. The van der Waals surface area contributed by atoms with Gasteiger partial charge in [0.25, 0.3) is 5.91 Å². The first-order chi connectivity index (χ1) is 9.19.